The maximum Gasteiger partial charge on any atom is 0.471 e. The van der Waals surface area contributed by atoms with E-state index < -0.39 is 18.0 Å². The molecule has 0 radical (unpaired) electrons. The van der Waals surface area contributed by atoms with Crippen molar-refractivity contribution in [3.63, 3.8) is 0 Å². The first-order chi connectivity index (χ1) is 13.8. The van der Waals surface area contributed by atoms with Crippen LogP contribution in [-0.2, 0) is 12.7 Å². The minimum Gasteiger partial charge on any atom is -0.347 e. The van der Waals surface area contributed by atoms with Crippen molar-refractivity contribution in [3.8, 4) is 11.4 Å². The van der Waals surface area contributed by atoms with Gasteiger partial charge < -0.3 is 14.2 Å². The van der Waals surface area contributed by atoms with Crippen LogP contribution in [0, 0.1) is 0 Å². The van der Waals surface area contributed by atoms with Gasteiger partial charge in [0.1, 0.15) is 11.3 Å². The van der Waals surface area contributed by atoms with Gasteiger partial charge in [0, 0.05) is 29.5 Å². The van der Waals surface area contributed by atoms with Crippen molar-refractivity contribution >= 4 is 23.2 Å². The fourth-order valence-corrected chi connectivity index (χ4v) is 2.82. The number of alkyl halides is 3. The van der Waals surface area contributed by atoms with E-state index >= 15 is 0 Å². The molecule has 0 unspecified atom stereocenters. The fraction of sp³-hybridized carbons (Fsp3) is 0.111. The van der Waals surface area contributed by atoms with E-state index in [4.69, 9.17) is 11.6 Å². The number of carbonyl (C=O) groups excluding carboxylic acids is 1. The Morgan fingerprint density at radius 1 is 1.17 bits per heavy atom. The van der Waals surface area contributed by atoms with Gasteiger partial charge >= 0.3 is 12.1 Å². The molecule has 3 heterocycles. The summed E-state index contributed by atoms with van der Waals surface area (Å²) in [4.78, 5) is 19.9. The molecule has 3 aromatic heterocycles. The highest BCUT2D eigenvalue weighted by molar-refractivity contribution is 6.30. The van der Waals surface area contributed by atoms with Gasteiger partial charge in [-0.15, -0.1) is 0 Å². The second-order valence-corrected chi connectivity index (χ2v) is 6.48. The summed E-state index contributed by atoms with van der Waals surface area (Å²) >= 11 is 5.91. The number of hydrogen-bond donors (Lipinski definition) is 1. The maximum absolute atomic E-state index is 12.6. The van der Waals surface area contributed by atoms with Crippen LogP contribution in [0.2, 0.25) is 5.02 Å². The molecule has 0 saturated carbocycles. The van der Waals surface area contributed by atoms with Crippen LogP contribution in [0.25, 0.3) is 17.0 Å². The van der Waals surface area contributed by atoms with E-state index in [2.05, 4.69) is 25.0 Å². The molecular formula is C18H11ClF3N5O2. The Kier molecular flexibility index (Phi) is 4.71. The second kappa shape index (κ2) is 7.21. The highest BCUT2D eigenvalue weighted by Gasteiger charge is 2.38. The molecule has 0 atom stereocenters. The Hall–Kier alpha value is -3.40. The summed E-state index contributed by atoms with van der Waals surface area (Å²) in [6.07, 6.45) is -1.81. The largest absolute Gasteiger partial charge is 0.471 e. The van der Waals surface area contributed by atoms with Gasteiger partial charge in [-0.1, -0.05) is 28.9 Å². The Morgan fingerprint density at radius 3 is 2.72 bits per heavy atom. The second-order valence-electron chi connectivity index (χ2n) is 6.04. The van der Waals surface area contributed by atoms with Crippen LogP contribution >= 0.6 is 11.6 Å². The van der Waals surface area contributed by atoms with Gasteiger partial charge in [0.2, 0.25) is 5.82 Å². The van der Waals surface area contributed by atoms with Crippen LogP contribution in [0.15, 0.2) is 53.3 Å². The summed E-state index contributed by atoms with van der Waals surface area (Å²) in [5, 5.41) is 6.64. The first kappa shape index (κ1) is 18.9. The van der Waals surface area contributed by atoms with Crippen molar-refractivity contribution in [2.75, 3.05) is 0 Å². The van der Waals surface area contributed by atoms with Crippen molar-refractivity contribution in [1.29, 1.82) is 0 Å². The van der Waals surface area contributed by atoms with Gasteiger partial charge in [0.05, 0.1) is 0 Å². The third kappa shape index (κ3) is 4.06. The van der Waals surface area contributed by atoms with E-state index in [-0.39, 0.29) is 23.6 Å². The van der Waals surface area contributed by atoms with Crippen molar-refractivity contribution < 1.29 is 22.5 Å². The van der Waals surface area contributed by atoms with Gasteiger partial charge in [-0.3, -0.25) is 4.79 Å². The lowest BCUT2D eigenvalue weighted by atomic mass is 10.2. The fourth-order valence-electron chi connectivity index (χ4n) is 2.61. The van der Waals surface area contributed by atoms with E-state index in [0.717, 1.165) is 5.56 Å². The molecule has 0 bridgehead atoms. The van der Waals surface area contributed by atoms with Crippen LogP contribution in [0.1, 0.15) is 21.9 Å². The molecule has 0 spiro atoms. The van der Waals surface area contributed by atoms with Crippen molar-refractivity contribution in [3.05, 3.63) is 71.0 Å². The maximum atomic E-state index is 12.6. The Morgan fingerprint density at radius 2 is 2.00 bits per heavy atom. The highest BCUT2D eigenvalue weighted by Crippen LogP contribution is 2.29. The number of imidazole rings is 1. The molecule has 0 aliphatic carbocycles. The van der Waals surface area contributed by atoms with E-state index in [1.807, 2.05) is 6.07 Å². The monoisotopic (exact) mass is 421 g/mol. The zero-order chi connectivity index (χ0) is 20.6. The quantitative estimate of drug-likeness (QED) is 0.538. The van der Waals surface area contributed by atoms with Crippen molar-refractivity contribution in [2.45, 2.75) is 12.7 Å². The molecule has 1 amide bonds. The number of nitrogens with one attached hydrogen (secondary N) is 1. The third-order valence-electron chi connectivity index (χ3n) is 3.95. The number of aromatic nitrogens is 4. The lowest BCUT2D eigenvalue weighted by molar-refractivity contribution is -0.159. The number of pyridine rings is 1. The predicted octanol–water partition coefficient (Wildman–Crippen LogP) is 3.99. The number of amides is 1. The number of halogens is 4. The summed E-state index contributed by atoms with van der Waals surface area (Å²) in [5.74, 6) is -2.06. The van der Waals surface area contributed by atoms with Crippen LogP contribution in [0.5, 0.6) is 0 Å². The number of hydrogen-bond acceptors (Lipinski definition) is 5. The zero-order valence-electron chi connectivity index (χ0n) is 14.4. The molecule has 4 rings (SSSR count). The molecule has 4 aromatic rings. The Balaban J connectivity index is 1.53. The van der Waals surface area contributed by atoms with E-state index in [0.29, 0.717) is 10.7 Å². The topological polar surface area (TPSA) is 85.3 Å². The average molecular weight is 422 g/mol. The lowest BCUT2D eigenvalue weighted by Gasteiger charge is -2.03. The standard InChI is InChI=1S/C18H11ClF3N5O2/c19-12-3-1-2-10(6-12)7-23-16(28)13-9-27-8-11(4-5-14(27)24-13)15-25-17(29-26-15)18(20,21)22/h1-6,8-9H,7H2,(H,23,28). The van der Waals surface area contributed by atoms with Gasteiger partial charge in [-0.25, -0.2) is 4.98 Å². The number of rotatable bonds is 4. The van der Waals surface area contributed by atoms with Gasteiger partial charge in [-0.2, -0.15) is 18.2 Å². The molecule has 11 heteroatoms. The first-order valence-corrected chi connectivity index (χ1v) is 8.60. The smallest absolute Gasteiger partial charge is 0.347 e. The first-order valence-electron chi connectivity index (χ1n) is 8.22. The Labute approximate surface area is 166 Å². The van der Waals surface area contributed by atoms with Crippen molar-refractivity contribution in [1.82, 2.24) is 24.8 Å². The normalized spacial score (nSPS) is 11.7. The van der Waals surface area contributed by atoms with Crippen molar-refractivity contribution in [2.24, 2.45) is 0 Å². The predicted molar refractivity (Wildman–Crippen MR) is 96.1 cm³/mol. The third-order valence-corrected chi connectivity index (χ3v) is 4.19. The molecule has 1 aromatic carbocycles. The average Bonchev–Trinajstić information content (AvgIpc) is 3.32. The molecule has 0 aliphatic rings. The zero-order valence-corrected chi connectivity index (χ0v) is 15.2. The van der Waals surface area contributed by atoms with Gasteiger partial charge in [0.25, 0.3) is 5.91 Å². The summed E-state index contributed by atoms with van der Waals surface area (Å²) in [7, 11) is 0. The van der Waals surface area contributed by atoms with Crippen LogP contribution in [-0.4, -0.2) is 25.4 Å². The Bertz CT molecular complexity index is 1200. The molecule has 0 aliphatic heterocycles. The van der Waals surface area contributed by atoms with E-state index in [1.165, 1.54) is 28.9 Å². The summed E-state index contributed by atoms with van der Waals surface area (Å²) in [6, 6.07) is 10.1. The van der Waals surface area contributed by atoms with E-state index in [9.17, 15) is 18.0 Å². The van der Waals surface area contributed by atoms with E-state index in [1.54, 1.807) is 18.2 Å². The summed E-state index contributed by atoms with van der Waals surface area (Å²) < 4.78 is 43.6. The molecule has 7 nitrogen and oxygen atoms in total. The van der Waals surface area contributed by atoms with Crippen LogP contribution in [0.3, 0.4) is 0 Å². The van der Waals surface area contributed by atoms with Gasteiger partial charge in [-0.05, 0) is 29.8 Å². The van der Waals surface area contributed by atoms with Crippen LogP contribution in [0.4, 0.5) is 13.2 Å². The molecule has 0 saturated heterocycles. The molecule has 1 N–H and O–H groups in total. The number of carbonyl (C=O) groups is 1. The lowest BCUT2D eigenvalue weighted by Crippen LogP contribution is -2.23. The molecule has 148 valence electrons. The molecular weight excluding hydrogens is 411 g/mol. The minimum absolute atomic E-state index is 0.147. The number of benzene rings is 1. The summed E-state index contributed by atoms with van der Waals surface area (Å²) in [6.45, 7) is 0.265. The SMILES string of the molecule is O=C(NCc1cccc(Cl)c1)c1cn2cc(-c3noc(C(F)(F)F)n3)ccc2n1. The minimum atomic E-state index is -4.72. The molecule has 0 fully saturated rings. The van der Waals surface area contributed by atoms with Crippen LogP contribution < -0.4 is 5.32 Å². The molecule has 29 heavy (non-hydrogen) atoms. The van der Waals surface area contributed by atoms with Gasteiger partial charge in [0.15, 0.2) is 0 Å². The number of fused-ring (bicyclic) bond motifs is 1. The highest BCUT2D eigenvalue weighted by atomic mass is 35.5. The summed E-state index contributed by atoms with van der Waals surface area (Å²) in [5.41, 5.74) is 1.68. The number of nitrogens with zero attached hydrogens (tertiary/aromatic N) is 4.